The van der Waals surface area contributed by atoms with Crippen LogP contribution in [0.25, 0.3) is 11.5 Å². The van der Waals surface area contributed by atoms with Gasteiger partial charge in [-0.15, -0.1) is 0 Å². The van der Waals surface area contributed by atoms with Crippen molar-refractivity contribution in [3.63, 3.8) is 0 Å². The van der Waals surface area contributed by atoms with Crippen LogP contribution < -0.4 is 0 Å². The predicted molar refractivity (Wildman–Crippen MR) is 116 cm³/mol. The molecule has 4 nitrogen and oxygen atoms in total. The number of carbonyl (C=O) groups excluding carboxylic acids is 2. The minimum atomic E-state index is -0.556. The Morgan fingerprint density at radius 1 is 0.593 bits per heavy atom. The molecule has 0 aliphatic carbocycles. The molecule has 7 heteroatoms. The van der Waals surface area contributed by atoms with Crippen LogP contribution in [0.15, 0.2) is 0 Å². The van der Waals surface area contributed by atoms with Crippen molar-refractivity contribution in [2.45, 2.75) is 117 Å². The molecular formula is C20H40Cl2N2O2Ti-2. The zero-order valence-electron chi connectivity index (χ0n) is 17.4. The molecule has 162 valence electrons. The molecule has 0 aromatic carbocycles. The first-order valence-electron chi connectivity index (χ1n) is 10.4. The van der Waals surface area contributed by atoms with E-state index in [0.717, 1.165) is 25.7 Å². The van der Waals surface area contributed by atoms with E-state index in [0.29, 0.717) is 12.8 Å². The van der Waals surface area contributed by atoms with E-state index >= 15 is 0 Å². The van der Waals surface area contributed by atoms with Crippen LogP contribution in [-0.2, 0) is 26.6 Å². The minimum absolute atomic E-state index is 0.413. The van der Waals surface area contributed by atoms with Gasteiger partial charge in [0.05, 0.1) is 0 Å². The molecule has 0 saturated heterocycles. The molecule has 0 unspecified atom stereocenters. The Labute approximate surface area is 184 Å². The maximum atomic E-state index is 10.2. The Bertz CT molecular complexity index is 282. The first-order chi connectivity index (χ1) is 13.0. The summed E-state index contributed by atoms with van der Waals surface area (Å²) in [4.78, 5) is 20.5. The summed E-state index contributed by atoms with van der Waals surface area (Å²) in [5.74, 6) is -0.827. The van der Waals surface area contributed by atoms with Gasteiger partial charge in [-0.05, 0) is 25.7 Å². The van der Waals surface area contributed by atoms with Crippen molar-refractivity contribution in [1.82, 2.24) is 0 Å². The van der Waals surface area contributed by atoms with Crippen molar-refractivity contribution in [2.75, 3.05) is 0 Å². The van der Waals surface area contributed by atoms with Crippen LogP contribution in [0.3, 0.4) is 0 Å². The van der Waals surface area contributed by atoms with Crippen LogP contribution in [0.5, 0.6) is 0 Å². The van der Waals surface area contributed by atoms with Crippen LogP contribution in [0.4, 0.5) is 0 Å². The first-order valence-corrected chi connectivity index (χ1v) is 14.7. The molecule has 0 aliphatic heterocycles. The van der Waals surface area contributed by atoms with Gasteiger partial charge in [-0.3, -0.25) is 0 Å². The number of unbranched alkanes of at least 4 members (excludes halogenated alkanes) is 12. The molecule has 0 bridgehead atoms. The summed E-state index contributed by atoms with van der Waals surface area (Å²) >= 11 is -0.556. The molecule has 0 aromatic rings. The zero-order chi connectivity index (χ0) is 21.2. The van der Waals surface area contributed by atoms with Crippen LogP contribution >= 0.6 is 18.6 Å². The van der Waals surface area contributed by atoms with Crippen LogP contribution in [-0.4, -0.2) is 11.8 Å². The van der Waals surface area contributed by atoms with Gasteiger partial charge in [0.2, 0.25) is 0 Å². The summed E-state index contributed by atoms with van der Waals surface area (Å²) in [5.41, 5.74) is 13.4. The first kappa shape index (κ1) is 31.9. The molecular weight excluding hydrogens is 419 g/mol. The fraction of sp³-hybridized carbons (Fsp3) is 0.900. The number of amides is 2. The van der Waals surface area contributed by atoms with Crippen LogP contribution in [0, 0.1) is 0 Å². The summed E-state index contributed by atoms with van der Waals surface area (Å²) in [7, 11) is 9.78. The Hall–Kier alpha value is 0.234. The van der Waals surface area contributed by atoms with Gasteiger partial charge in [0.1, 0.15) is 0 Å². The summed E-state index contributed by atoms with van der Waals surface area (Å²) in [6.07, 6.45) is 17.9. The van der Waals surface area contributed by atoms with Crippen LogP contribution in [0.2, 0.25) is 0 Å². The topological polar surface area (TPSA) is 81.7 Å². The molecule has 0 atom stereocenters. The van der Waals surface area contributed by atoms with Gasteiger partial charge < -0.3 is 21.1 Å². The summed E-state index contributed by atoms with van der Waals surface area (Å²) in [5, 5.41) is 0. The Morgan fingerprint density at radius 2 is 0.815 bits per heavy atom. The van der Waals surface area contributed by atoms with Gasteiger partial charge in [0.15, 0.2) is 0 Å². The van der Waals surface area contributed by atoms with Crippen molar-refractivity contribution < 1.29 is 26.6 Å². The van der Waals surface area contributed by atoms with E-state index in [9.17, 15) is 9.59 Å². The molecule has 0 radical (unpaired) electrons. The summed E-state index contributed by atoms with van der Waals surface area (Å²) in [6, 6.07) is 0. The molecule has 2 amide bonds. The predicted octanol–water partition coefficient (Wildman–Crippen LogP) is 8.79. The van der Waals surface area contributed by atoms with Gasteiger partial charge in [-0.1, -0.05) is 90.9 Å². The number of rotatable bonds is 16. The molecule has 0 fully saturated rings. The summed E-state index contributed by atoms with van der Waals surface area (Å²) < 4.78 is 0. The van der Waals surface area contributed by atoms with E-state index < -0.39 is 28.8 Å². The number of hydrogen-bond acceptors (Lipinski definition) is 2. The summed E-state index contributed by atoms with van der Waals surface area (Å²) in [6.45, 7) is 4.41. The molecule has 0 aromatic heterocycles. The van der Waals surface area contributed by atoms with Crippen molar-refractivity contribution in [2.24, 2.45) is 0 Å². The van der Waals surface area contributed by atoms with Crippen molar-refractivity contribution in [1.29, 1.82) is 0 Å². The molecule has 0 aliphatic rings. The number of nitrogens with one attached hydrogen (secondary N) is 2. The van der Waals surface area contributed by atoms with Gasteiger partial charge in [0, 0.05) is 11.8 Å². The maximum absolute atomic E-state index is 10.2. The Balaban J connectivity index is -0.000000372. The van der Waals surface area contributed by atoms with Crippen LogP contribution in [0.1, 0.15) is 117 Å². The monoisotopic (exact) mass is 458 g/mol. The van der Waals surface area contributed by atoms with Gasteiger partial charge in [-0.2, -0.15) is 0 Å². The number of halogens is 2. The molecule has 27 heavy (non-hydrogen) atoms. The second kappa shape index (κ2) is 30.9. The average molecular weight is 459 g/mol. The third kappa shape index (κ3) is 46.3. The van der Waals surface area contributed by atoms with Crippen molar-refractivity contribution in [3.8, 4) is 0 Å². The van der Waals surface area contributed by atoms with Gasteiger partial charge in [0.25, 0.3) is 0 Å². The number of carbonyl (C=O) groups is 2. The van der Waals surface area contributed by atoms with E-state index in [1.165, 1.54) is 64.2 Å². The fourth-order valence-electron chi connectivity index (χ4n) is 2.49. The average Bonchev–Trinajstić information content (AvgIpc) is 2.61. The van der Waals surface area contributed by atoms with E-state index in [2.05, 4.69) is 13.8 Å². The second-order valence-corrected chi connectivity index (χ2v) is 9.24. The molecule has 0 saturated carbocycles. The standard InChI is InChI=1S/2C10H21NO.2ClH.Ti/c2*1-2-3-4-5-6-7-8-9-10(11)12;;;/h2*2-9H2,1H3,(H2,11,12);2*1H;/q;;;;+2/p-4. The fourth-order valence-corrected chi connectivity index (χ4v) is 2.49. The van der Waals surface area contributed by atoms with Crippen molar-refractivity contribution >= 4 is 30.4 Å². The second-order valence-electron chi connectivity index (χ2n) is 6.66. The van der Waals surface area contributed by atoms with Gasteiger partial charge >= 0.3 is 35.6 Å². The quantitative estimate of drug-likeness (QED) is 0.171. The van der Waals surface area contributed by atoms with Gasteiger partial charge in [-0.25, -0.2) is 0 Å². The number of hydrogen-bond donors (Lipinski definition) is 0. The Morgan fingerprint density at radius 3 is 1.04 bits per heavy atom. The third-order valence-electron chi connectivity index (χ3n) is 4.01. The van der Waals surface area contributed by atoms with E-state index in [1.807, 2.05) is 0 Å². The van der Waals surface area contributed by atoms with E-state index in [4.69, 9.17) is 30.1 Å². The molecule has 0 heterocycles. The van der Waals surface area contributed by atoms with Crippen molar-refractivity contribution in [3.05, 3.63) is 11.5 Å². The van der Waals surface area contributed by atoms with E-state index in [1.54, 1.807) is 0 Å². The normalized spacial score (nSPS) is 9.48. The molecule has 2 N–H and O–H groups in total. The zero-order valence-corrected chi connectivity index (χ0v) is 20.5. The SMILES string of the molecule is CCCCCCCCCC([NH-])=O.CCCCCCCCCC([NH-])=O.[Cl][Ti][Cl]. The molecule has 0 rings (SSSR count). The molecule has 0 spiro atoms. The Kier molecular flexibility index (Phi) is 36.6. The third-order valence-corrected chi connectivity index (χ3v) is 4.01. The van der Waals surface area contributed by atoms with E-state index in [-0.39, 0.29) is 0 Å².